The van der Waals surface area contributed by atoms with Crippen LogP contribution in [-0.2, 0) is 9.53 Å². The summed E-state index contributed by atoms with van der Waals surface area (Å²) in [6.07, 6.45) is 9.02. The molecule has 0 spiro atoms. The molecule has 0 rings (SSSR count). The summed E-state index contributed by atoms with van der Waals surface area (Å²) in [5, 5.41) is 8.29. The number of hydrogen-bond donors (Lipinski definition) is 0. The van der Waals surface area contributed by atoms with Crippen molar-refractivity contribution in [2.24, 2.45) is 5.41 Å². The van der Waals surface area contributed by atoms with Crippen LogP contribution >= 0.6 is 0 Å². The lowest BCUT2D eigenvalue weighted by Crippen LogP contribution is -2.27. The maximum atomic E-state index is 11.5. The standard InChI is InChI=1S/C11H15NO2/c1-4-7-11(6-3,8-5-2)10(13)14-9-12/h4-5,7-8H,6H2,1-3H3. The Labute approximate surface area is 84.7 Å². The normalized spacial score (nSPS) is 15.3. The molecule has 3 nitrogen and oxygen atoms in total. The molecule has 3 heteroatoms. The van der Waals surface area contributed by atoms with Crippen LogP contribution in [0.15, 0.2) is 24.3 Å². The summed E-state index contributed by atoms with van der Waals surface area (Å²) in [5.41, 5.74) is -0.792. The number of carbonyl (C=O) groups is 1. The molecule has 0 amide bonds. The van der Waals surface area contributed by atoms with Crippen molar-refractivity contribution in [3.05, 3.63) is 24.3 Å². The molecular weight excluding hydrogens is 178 g/mol. The summed E-state index contributed by atoms with van der Waals surface area (Å²) in [4.78, 5) is 11.5. The Morgan fingerprint density at radius 3 is 2.21 bits per heavy atom. The molecule has 0 aromatic rings. The second kappa shape index (κ2) is 5.98. The highest BCUT2D eigenvalue weighted by atomic mass is 16.5. The summed E-state index contributed by atoms with van der Waals surface area (Å²) in [6, 6.07) is 0. The van der Waals surface area contributed by atoms with Crippen LogP contribution in [0.2, 0.25) is 0 Å². The molecule has 76 valence electrons. The van der Waals surface area contributed by atoms with Crippen LogP contribution in [-0.4, -0.2) is 5.97 Å². The second-order valence-corrected chi connectivity index (χ2v) is 2.87. The van der Waals surface area contributed by atoms with Gasteiger partial charge in [-0.15, -0.1) is 5.26 Å². The van der Waals surface area contributed by atoms with E-state index in [1.807, 2.05) is 20.8 Å². The highest BCUT2D eigenvalue weighted by Gasteiger charge is 2.32. The van der Waals surface area contributed by atoms with Crippen molar-refractivity contribution in [3.8, 4) is 6.26 Å². The van der Waals surface area contributed by atoms with Crippen LogP contribution in [0.25, 0.3) is 0 Å². The Bertz CT molecular complexity index is 272. The first-order valence-corrected chi connectivity index (χ1v) is 4.55. The molecule has 0 unspecified atom stereocenters. The zero-order valence-corrected chi connectivity index (χ0v) is 8.78. The van der Waals surface area contributed by atoms with E-state index in [-0.39, 0.29) is 0 Å². The average molecular weight is 193 g/mol. The third kappa shape index (κ3) is 2.74. The number of esters is 1. The average Bonchev–Trinajstić information content (AvgIpc) is 2.17. The van der Waals surface area contributed by atoms with Crippen LogP contribution in [0.3, 0.4) is 0 Å². The molecule has 0 radical (unpaired) electrons. The van der Waals surface area contributed by atoms with Gasteiger partial charge in [0.1, 0.15) is 5.41 Å². The fraction of sp³-hybridized carbons (Fsp3) is 0.455. The van der Waals surface area contributed by atoms with Gasteiger partial charge in [0, 0.05) is 0 Å². The highest BCUT2D eigenvalue weighted by Crippen LogP contribution is 2.27. The van der Waals surface area contributed by atoms with E-state index >= 15 is 0 Å². The van der Waals surface area contributed by atoms with Crippen LogP contribution in [0.4, 0.5) is 0 Å². The fourth-order valence-corrected chi connectivity index (χ4v) is 1.30. The van der Waals surface area contributed by atoms with Crippen LogP contribution in [0.5, 0.6) is 0 Å². The Morgan fingerprint density at radius 2 is 1.93 bits per heavy atom. The molecule has 0 bridgehead atoms. The van der Waals surface area contributed by atoms with Gasteiger partial charge >= 0.3 is 5.97 Å². The third-order valence-corrected chi connectivity index (χ3v) is 2.03. The van der Waals surface area contributed by atoms with Crippen LogP contribution < -0.4 is 0 Å². The Morgan fingerprint density at radius 1 is 1.43 bits per heavy atom. The molecule has 0 fully saturated rings. The smallest absolute Gasteiger partial charge is 0.335 e. The summed E-state index contributed by atoms with van der Waals surface area (Å²) < 4.78 is 4.37. The summed E-state index contributed by atoms with van der Waals surface area (Å²) in [7, 11) is 0. The zero-order valence-electron chi connectivity index (χ0n) is 8.78. The fourth-order valence-electron chi connectivity index (χ4n) is 1.30. The zero-order chi connectivity index (χ0) is 11.0. The lowest BCUT2D eigenvalue weighted by Gasteiger charge is -2.20. The largest absolute Gasteiger partial charge is 0.350 e. The van der Waals surface area contributed by atoms with Gasteiger partial charge in [0.05, 0.1) is 0 Å². The van der Waals surface area contributed by atoms with E-state index in [4.69, 9.17) is 5.26 Å². The van der Waals surface area contributed by atoms with Gasteiger partial charge in [-0.1, -0.05) is 31.2 Å². The predicted molar refractivity (Wildman–Crippen MR) is 54.1 cm³/mol. The summed E-state index contributed by atoms with van der Waals surface area (Å²) in [5.74, 6) is -0.529. The van der Waals surface area contributed by atoms with E-state index in [1.54, 1.807) is 24.3 Å². The summed E-state index contributed by atoms with van der Waals surface area (Å²) >= 11 is 0. The first-order valence-electron chi connectivity index (χ1n) is 4.55. The number of nitriles is 1. The van der Waals surface area contributed by atoms with Gasteiger partial charge in [0.2, 0.25) is 0 Å². The molecule has 0 heterocycles. The van der Waals surface area contributed by atoms with E-state index < -0.39 is 11.4 Å². The van der Waals surface area contributed by atoms with Gasteiger partial charge in [-0.3, -0.25) is 0 Å². The Balaban J connectivity index is 5.04. The Kier molecular flexibility index (Phi) is 5.31. The highest BCUT2D eigenvalue weighted by molar-refractivity contribution is 5.82. The third-order valence-electron chi connectivity index (χ3n) is 2.03. The van der Waals surface area contributed by atoms with Crippen molar-refractivity contribution in [2.45, 2.75) is 27.2 Å². The molecular formula is C11H15NO2. The molecule has 0 aliphatic rings. The van der Waals surface area contributed by atoms with Crippen molar-refractivity contribution in [2.75, 3.05) is 0 Å². The van der Waals surface area contributed by atoms with E-state index in [0.29, 0.717) is 6.42 Å². The van der Waals surface area contributed by atoms with Crippen molar-refractivity contribution < 1.29 is 9.53 Å². The van der Waals surface area contributed by atoms with E-state index in [0.717, 1.165) is 0 Å². The van der Waals surface area contributed by atoms with E-state index in [1.165, 1.54) is 6.26 Å². The molecule has 0 saturated heterocycles. The molecule has 0 atom stereocenters. The SMILES string of the molecule is CC=CC(C=CC)(CC)C(=O)OC#N. The molecule has 0 aliphatic carbocycles. The van der Waals surface area contributed by atoms with Gasteiger partial charge in [0.15, 0.2) is 0 Å². The van der Waals surface area contributed by atoms with Crippen molar-refractivity contribution in [1.82, 2.24) is 0 Å². The van der Waals surface area contributed by atoms with E-state index in [9.17, 15) is 4.79 Å². The lowest BCUT2D eigenvalue weighted by atomic mass is 9.84. The predicted octanol–water partition coefficient (Wildman–Crippen LogP) is 2.56. The quantitative estimate of drug-likeness (QED) is 0.391. The van der Waals surface area contributed by atoms with Gasteiger partial charge in [-0.2, -0.15) is 0 Å². The lowest BCUT2D eigenvalue weighted by molar-refractivity contribution is -0.143. The van der Waals surface area contributed by atoms with Gasteiger partial charge in [-0.25, -0.2) is 4.79 Å². The van der Waals surface area contributed by atoms with Crippen LogP contribution in [0, 0.1) is 16.9 Å². The van der Waals surface area contributed by atoms with Gasteiger partial charge in [-0.05, 0) is 20.3 Å². The molecule has 0 N–H and O–H groups in total. The van der Waals surface area contributed by atoms with Crippen molar-refractivity contribution in [3.63, 3.8) is 0 Å². The van der Waals surface area contributed by atoms with Gasteiger partial charge < -0.3 is 4.74 Å². The van der Waals surface area contributed by atoms with Crippen LogP contribution in [0.1, 0.15) is 27.2 Å². The maximum absolute atomic E-state index is 11.5. The minimum Gasteiger partial charge on any atom is -0.350 e. The number of carbonyl (C=O) groups excluding carboxylic acids is 1. The number of allylic oxidation sites excluding steroid dienone is 2. The topological polar surface area (TPSA) is 50.1 Å². The van der Waals surface area contributed by atoms with Crippen molar-refractivity contribution in [1.29, 1.82) is 5.26 Å². The monoisotopic (exact) mass is 193 g/mol. The first kappa shape index (κ1) is 12.4. The molecule has 14 heavy (non-hydrogen) atoms. The molecule has 0 aromatic heterocycles. The number of rotatable bonds is 4. The van der Waals surface area contributed by atoms with E-state index in [2.05, 4.69) is 4.74 Å². The molecule has 0 aliphatic heterocycles. The van der Waals surface area contributed by atoms with Gasteiger partial charge in [0.25, 0.3) is 6.26 Å². The minimum absolute atomic E-state index is 0.529. The first-order chi connectivity index (χ1) is 6.66. The number of nitrogens with zero attached hydrogens (tertiary/aromatic N) is 1. The second-order valence-electron chi connectivity index (χ2n) is 2.87. The Hall–Kier alpha value is -1.56. The number of ether oxygens (including phenoxy) is 1. The molecule has 0 saturated carbocycles. The number of hydrogen-bond acceptors (Lipinski definition) is 3. The summed E-state index contributed by atoms with van der Waals surface area (Å²) in [6.45, 7) is 5.53. The van der Waals surface area contributed by atoms with Crippen molar-refractivity contribution >= 4 is 5.97 Å². The molecule has 0 aromatic carbocycles. The minimum atomic E-state index is -0.792. The maximum Gasteiger partial charge on any atom is 0.335 e.